The van der Waals surface area contributed by atoms with Crippen molar-refractivity contribution in [3.05, 3.63) is 54.4 Å². The Balaban J connectivity index is 1.24. The minimum atomic E-state index is -0.319. The molecule has 1 amide bonds. The van der Waals surface area contributed by atoms with Crippen LogP contribution in [0.2, 0.25) is 0 Å². The van der Waals surface area contributed by atoms with E-state index in [1.54, 1.807) is 10.7 Å². The predicted molar refractivity (Wildman–Crippen MR) is 111 cm³/mol. The van der Waals surface area contributed by atoms with Gasteiger partial charge >= 0.3 is 0 Å². The molecule has 2 saturated heterocycles. The highest BCUT2D eigenvalue weighted by Gasteiger charge is 2.44. The molecule has 154 valence electrons. The average Bonchev–Trinajstić information content (AvgIpc) is 3.24. The number of fused-ring (bicyclic) bond motifs is 1. The fourth-order valence-corrected chi connectivity index (χ4v) is 4.32. The standard InChI is InChI=1S/C23H24N4O3/c1-23(14-30-15-23)21(28)17-8-11-26(12-9-17)22(29)18-4-2-16(3-5-18)19-6-7-20-24-10-13-27(20)25-19/h2-7,10,13,17H,8-9,11-12,14-15H2,1H3. The number of ketones is 1. The van der Waals surface area contributed by atoms with E-state index in [-0.39, 0.29) is 17.2 Å². The van der Waals surface area contributed by atoms with Crippen LogP contribution in [0.3, 0.4) is 0 Å². The van der Waals surface area contributed by atoms with Crippen molar-refractivity contribution in [2.24, 2.45) is 11.3 Å². The van der Waals surface area contributed by atoms with Crippen molar-refractivity contribution in [3.8, 4) is 11.3 Å². The Hall–Kier alpha value is -3.06. The molecule has 0 aliphatic carbocycles. The first-order valence-corrected chi connectivity index (χ1v) is 10.4. The van der Waals surface area contributed by atoms with Crippen LogP contribution in [0.4, 0.5) is 0 Å². The predicted octanol–water partition coefficient (Wildman–Crippen LogP) is 2.85. The topological polar surface area (TPSA) is 76.8 Å². The van der Waals surface area contributed by atoms with E-state index in [1.165, 1.54) is 0 Å². The molecule has 0 radical (unpaired) electrons. The van der Waals surface area contributed by atoms with Gasteiger partial charge in [0, 0.05) is 42.5 Å². The summed E-state index contributed by atoms with van der Waals surface area (Å²) in [6.45, 7) is 4.27. The van der Waals surface area contributed by atoms with E-state index in [1.807, 2.05) is 54.4 Å². The number of Topliss-reactive ketones (excluding diaryl/α,β-unsaturated/α-hetero) is 1. The van der Waals surface area contributed by atoms with Crippen molar-refractivity contribution < 1.29 is 14.3 Å². The number of benzene rings is 1. The lowest BCUT2D eigenvalue weighted by Crippen LogP contribution is -2.51. The Bertz CT molecular complexity index is 1090. The number of aromatic nitrogens is 3. The van der Waals surface area contributed by atoms with Crippen LogP contribution >= 0.6 is 0 Å². The molecule has 3 aromatic rings. The molecule has 0 unspecified atom stereocenters. The van der Waals surface area contributed by atoms with Crippen LogP contribution in [0, 0.1) is 11.3 Å². The Kier molecular flexibility index (Phi) is 4.62. The molecule has 30 heavy (non-hydrogen) atoms. The zero-order valence-electron chi connectivity index (χ0n) is 17.0. The molecule has 1 aromatic carbocycles. The van der Waals surface area contributed by atoms with Crippen molar-refractivity contribution in [3.63, 3.8) is 0 Å². The number of hydrogen-bond donors (Lipinski definition) is 0. The average molecular weight is 404 g/mol. The van der Waals surface area contributed by atoms with E-state index in [4.69, 9.17) is 4.74 Å². The lowest BCUT2D eigenvalue weighted by molar-refractivity contribution is -0.160. The van der Waals surface area contributed by atoms with Gasteiger partial charge in [-0.1, -0.05) is 12.1 Å². The molecule has 5 rings (SSSR count). The zero-order chi connectivity index (χ0) is 20.7. The molecule has 0 bridgehead atoms. The van der Waals surface area contributed by atoms with Crippen molar-refractivity contribution in [2.45, 2.75) is 19.8 Å². The fourth-order valence-electron chi connectivity index (χ4n) is 4.32. The quantitative estimate of drug-likeness (QED) is 0.668. The molecule has 0 spiro atoms. The summed E-state index contributed by atoms with van der Waals surface area (Å²) in [6.07, 6.45) is 4.98. The molecule has 7 nitrogen and oxygen atoms in total. The maximum absolute atomic E-state index is 12.9. The Morgan fingerprint density at radius 3 is 2.47 bits per heavy atom. The van der Waals surface area contributed by atoms with Crippen LogP contribution < -0.4 is 0 Å². The van der Waals surface area contributed by atoms with Gasteiger partial charge in [0.05, 0.1) is 24.3 Å². The van der Waals surface area contributed by atoms with Crippen LogP contribution in [-0.4, -0.2) is 57.5 Å². The van der Waals surface area contributed by atoms with Crippen LogP contribution in [0.1, 0.15) is 30.1 Å². The van der Waals surface area contributed by atoms with Crippen LogP contribution in [0.25, 0.3) is 16.9 Å². The minimum absolute atomic E-state index is 0.0173. The first-order valence-electron chi connectivity index (χ1n) is 10.4. The monoisotopic (exact) mass is 404 g/mol. The van der Waals surface area contributed by atoms with E-state index < -0.39 is 0 Å². The number of ether oxygens (including phenoxy) is 1. The molecular weight excluding hydrogens is 380 g/mol. The van der Waals surface area contributed by atoms with Gasteiger partial charge in [0.15, 0.2) is 5.65 Å². The normalized spacial score (nSPS) is 18.9. The molecule has 0 saturated carbocycles. The van der Waals surface area contributed by atoms with E-state index in [9.17, 15) is 9.59 Å². The molecule has 0 N–H and O–H groups in total. The van der Waals surface area contributed by atoms with Gasteiger partial charge in [-0.2, -0.15) is 5.10 Å². The third-order valence-corrected chi connectivity index (χ3v) is 6.27. The van der Waals surface area contributed by atoms with Crippen LogP contribution in [0.5, 0.6) is 0 Å². The van der Waals surface area contributed by atoms with E-state index in [2.05, 4.69) is 10.1 Å². The summed E-state index contributed by atoms with van der Waals surface area (Å²) in [5.74, 6) is 0.353. The number of carbonyl (C=O) groups is 2. The van der Waals surface area contributed by atoms with Gasteiger partial charge in [0.1, 0.15) is 5.78 Å². The Labute approximate surface area is 174 Å². The largest absolute Gasteiger partial charge is 0.379 e. The summed E-state index contributed by atoms with van der Waals surface area (Å²) in [4.78, 5) is 31.7. The van der Waals surface area contributed by atoms with Crippen molar-refractivity contribution in [1.82, 2.24) is 19.5 Å². The Morgan fingerprint density at radius 2 is 1.80 bits per heavy atom. The first-order chi connectivity index (χ1) is 14.5. The summed E-state index contributed by atoms with van der Waals surface area (Å²) in [5, 5.41) is 4.54. The second-order valence-electron chi connectivity index (χ2n) is 8.51. The lowest BCUT2D eigenvalue weighted by Gasteiger charge is -2.41. The van der Waals surface area contributed by atoms with Gasteiger partial charge in [0.25, 0.3) is 5.91 Å². The summed E-state index contributed by atoms with van der Waals surface area (Å²) in [7, 11) is 0. The summed E-state index contributed by atoms with van der Waals surface area (Å²) >= 11 is 0. The van der Waals surface area contributed by atoms with Crippen LogP contribution in [-0.2, 0) is 9.53 Å². The SMILES string of the molecule is CC1(C(=O)C2CCN(C(=O)c3ccc(-c4ccc5nccn5n4)cc3)CC2)COC1. The number of piperidine rings is 1. The first kappa shape index (κ1) is 18.9. The molecule has 2 aliphatic heterocycles. The summed E-state index contributed by atoms with van der Waals surface area (Å²) in [6, 6.07) is 11.4. The van der Waals surface area contributed by atoms with E-state index >= 15 is 0 Å². The number of hydrogen-bond acceptors (Lipinski definition) is 5. The van der Waals surface area contributed by atoms with Gasteiger partial charge in [-0.05, 0) is 44.0 Å². The van der Waals surface area contributed by atoms with Gasteiger partial charge in [-0.3, -0.25) is 9.59 Å². The molecular formula is C23H24N4O3. The fraction of sp³-hybridized carbons (Fsp3) is 0.391. The highest BCUT2D eigenvalue weighted by Crippen LogP contribution is 2.34. The van der Waals surface area contributed by atoms with Crippen molar-refractivity contribution in [2.75, 3.05) is 26.3 Å². The molecule has 2 aliphatic rings. The molecule has 4 heterocycles. The molecule has 2 aromatic heterocycles. The highest BCUT2D eigenvalue weighted by molar-refractivity contribution is 5.95. The maximum Gasteiger partial charge on any atom is 0.253 e. The number of imidazole rings is 1. The van der Waals surface area contributed by atoms with E-state index in [0.29, 0.717) is 37.6 Å². The third kappa shape index (κ3) is 3.29. The molecule has 0 atom stereocenters. The van der Waals surface area contributed by atoms with Crippen molar-refractivity contribution >= 4 is 17.3 Å². The van der Waals surface area contributed by atoms with Crippen LogP contribution in [0.15, 0.2) is 48.8 Å². The molecule has 7 heteroatoms. The highest BCUT2D eigenvalue weighted by atomic mass is 16.5. The number of amides is 1. The van der Waals surface area contributed by atoms with E-state index in [0.717, 1.165) is 29.7 Å². The summed E-state index contributed by atoms with van der Waals surface area (Å²) < 4.78 is 6.96. The zero-order valence-corrected chi connectivity index (χ0v) is 17.0. The minimum Gasteiger partial charge on any atom is -0.379 e. The number of rotatable bonds is 4. The number of nitrogens with zero attached hydrogens (tertiary/aromatic N) is 4. The number of carbonyl (C=O) groups excluding carboxylic acids is 2. The second kappa shape index (κ2) is 7.32. The molecule has 2 fully saturated rings. The van der Waals surface area contributed by atoms with Crippen molar-refractivity contribution in [1.29, 1.82) is 0 Å². The Morgan fingerprint density at radius 1 is 1.07 bits per heavy atom. The number of likely N-dealkylation sites (tertiary alicyclic amines) is 1. The lowest BCUT2D eigenvalue weighted by atomic mass is 9.75. The second-order valence-corrected chi connectivity index (χ2v) is 8.51. The third-order valence-electron chi connectivity index (χ3n) is 6.27. The van der Waals surface area contributed by atoms with Gasteiger partial charge in [0.2, 0.25) is 0 Å². The van der Waals surface area contributed by atoms with Gasteiger partial charge in [-0.25, -0.2) is 9.50 Å². The summed E-state index contributed by atoms with van der Waals surface area (Å²) in [5.41, 5.74) is 2.91. The maximum atomic E-state index is 12.9. The van der Waals surface area contributed by atoms with Gasteiger partial charge < -0.3 is 9.64 Å². The smallest absolute Gasteiger partial charge is 0.253 e. The van der Waals surface area contributed by atoms with Gasteiger partial charge in [-0.15, -0.1) is 0 Å².